The highest BCUT2D eigenvalue weighted by molar-refractivity contribution is 5.46. The van der Waals surface area contributed by atoms with Gasteiger partial charge in [0, 0.05) is 18.2 Å². The number of rotatable bonds is 8. The van der Waals surface area contributed by atoms with Gasteiger partial charge in [-0.3, -0.25) is 0 Å². The SMILES string of the molecule is COc1cccc(CN[C@@H](C)c2ccccc2)c1OCc1ccc(F)cc1. The van der Waals surface area contributed by atoms with Crippen molar-refractivity contribution >= 4 is 0 Å². The largest absolute Gasteiger partial charge is 0.493 e. The summed E-state index contributed by atoms with van der Waals surface area (Å²) in [6.45, 7) is 3.13. The lowest BCUT2D eigenvalue weighted by Gasteiger charge is -2.18. The Kier molecular flexibility index (Phi) is 6.44. The highest BCUT2D eigenvalue weighted by Crippen LogP contribution is 2.32. The van der Waals surface area contributed by atoms with E-state index in [0.29, 0.717) is 24.7 Å². The molecule has 0 aromatic heterocycles. The zero-order chi connectivity index (χ0) is 19.1. The number of halogens is 1. The average Bonchev–Trinajstić information content (AvgIpc) is 2.72. The summed E-state index contributed by atoms with van der Waals surface area (Å²) in [6, 6.07) is 22.7. The number of methoxy groups -OCH3 is 1. The molecule has 4 heteroatoms. The molecule has 0 aliphatic heterocycles. The summed E-state index contributed by atoms with van der Waals surface area (Å²) in [6.07, 6.45) is 0. The zero-order valence-electron chi connectivity index (χ0n) is 15.6. The van der Waals surface area contributed by atoms with E-state index in [9.17, 15) is 4.39 Å². The predicted octanol–water partition coefficient (Wildman–Crippen LogP) is 5.26. The van der Waals surface area contributed by atoms with E-state index < -0.39 is 0 Å². The minimum Gasteiger partial charge on any atom is -0.493 e. The number of benzene rings is 3. The second-order valence-corrected chi connectivity index (χ2v) is 6.38. The van der Waals surface area contributed by atoms with Crippen LogP contribution in [-0.4, -0.2) is 7.11 Å². The molecule has 3 nitrogen and oxygen atoms in total. The van der Waals surface area contributed by atoms with Crippen LogP contribution in [0.3, 0.4) is 0 Å². The van der Waals surface area contributed by atoms with Crippen LogP contribution in [-0.2, 0) is 13.2 Å². The zero-order valence-corrected chi connectivity index (χ0v) is 15.6. The van der Waals surface area contributed by atoms with Gasteiger partial charge in [0.15, 0.2) is 11.5 Å². The standard InChI is InChI=1S/C23H24FNO2/c1-17(19-7-4-3-5-8-19)25-15-20-9-6-10-22(26-2)23(20)27-16-18-11-13-21(24)14-12-18/h3-14,17,25H,15-16H2,1-2H3/t17-/m0/s1. The van der Waals surface area contributed by atoms with Crippen molar-refractivity contribution in [3.63, 3.8) is 0 Å². The van der Waals surface area contributed by atoms with Crippen LogP contribution in [0.4, 0.5) is 4.39 Å². The first-order valence-electron chi connectivity index (χ1n) is 8.99. The van der Waals surface area contributed by atoms with Crippen LogP contribution in [0, 0.1) is 5.82 Å². The van der Waals surface area contributed by atoms with Gasteiger partial charge in [-0.15, -0.1) is 0 Å². The number of nitrogens with one attached hydrogen (secondary N) is 1. The van der Waals surface area contributed by atoms with Gasteiger partial charge in [0.1, 0.15) is 12.4 Å². The quantitative estimate of drug-likeness (QED) is 0.590. The molecule has 0 aliphatic carbocycles. The lowest BCUT2D eigenvalue weighted by atomic mass is 10.1. The first kappa shape index (κ1) is 18.9. The summed E-state index contributed by atoms with van der Waals surface area (Å²) >= 11 is 0. The van der Waals surface area contributed by atoms with Gasteiger partial charge < -0.3 is 14.8 Å². The minimum atomic E-state index is -0.254. The van der Waals surface area contributed by atoms with Crippen molar-refractivity contribution in [3.05, 3.63) is 95.3 Å². The second kappa shape index (κ2) is 9.19. The third-order valence-electron chi connectivity index (χ3n) is 4.48. The Balaban J connectivity index is 1.71. The van der Waals surface area contributed by atoms with Gasteiger partial charge in [0.05, 0.1) is 7.11 Å². The minimum absolute atomic E-state index is 0.211. The first-order chi connectivity index (χ1) is 13.2. The van der Waals surface area contributed by atoms with E-state index in [4.69, 9.17) is 9.47 Å². The molecule has 0 saturated carbocycles. The fraction of sp³-hybridized carbons (Fsp3) is 0.217. The molecule has 0 heterocycles. The van der Waals surface area contributed by atoms with E-state index in [1.54, 1.807) is 19.2 Å². The summed E-state index contributed by atoms with van der Waals surface area (Å²) in [5.74, 6) is 1.14. The lowest BCUT2D eigenvalue weighted by molar-refractivity contribution is 0.280. The van der Waals surface area contributed by atoms with Crippen LogP contribution in [0.2, 0.25) is 0 Å². The third kappa shape index (κ3) is 5.08. The molecule has 1 atom stereocenters. The highest BCUT2D eigenvalue weighted by atomic mass is 19.1. The molecule has 27 heavy (non-hydrogen) atoms. The van der Waals surface area contributed by atoms with Crippen molar-refractivity contribution in [2.45, 2.75) is 26.1 Å². The summed E-state index contributed by atoms with van der Waals surface area (Å²) in [7, 11) is 1.63. The number of para-hydroxylation sites is 1. The Morgan fingerprint density at radius 3 is 2.37 bits per heavy atom. The van der Waals surface area contributed by atoms with Gasteiger partial charge in [-0.25, -0.2) is 4.39 Å². The maximum absolute atomic E-state index is 13.1. The molecule has 140 valence electrons. The Bertz CT molecular complexity index is 850. The fourth-order valence-corrected chi connectivity index (χ4v) is 2.88. The van der Waals surface area contributed by atoms with Gasteiger partial charge in [-0.2, -0.15) is 0 Å². The average molecular weight is 365 g/mol. The maximum atomic E-state index is 13.1. The molecule has 0 spiro atoms. The topological polar surface area (TPSA) is 30.5 Å². The van der Waals surface area contributed by atoms with Crippen LogP contribution >= 0.6 is 0 Å². The highest BCUT2D eigenvalue weighted by Gasteiger charge is 2.12. The predicted molar refractivity (Wildman–Crippen MR) is 105 cm³/mol. The smallest absolute Gasteiger partial charge is 0.166 e. The maximum Gasteiger partial charge on any atom is 0.166 e. The van der Waals surface area contributed by atoms with Gasteiger partial charge in [-0.1, -0.05) is 54.6 Å². The number of ether oxygens (including phenoxy) is 2. The molecule has 0 radical (unpaired) electrons. The Labute approximate surface area is 159 Å². The summed E-state index contributed by atoms with van der Waals surface area (Å²) in [5, 5.41) is 3.53. The lowest BCUT2D eigenvalue weighted by Crippen LogP contribution is -2.18. The van der Waals surface area contributed by atoms with Crippen LogP contribution in [0.5, 0.6) is 11.5 Å². The second-order valence-electron chi connectivity index (χ2n) is 6.38. The normalized spacial score (nSPS) is 11.8. The molecular weight excluding hydrogens is 341 g/mol. The monoisotopic (exact) mass is 365 g/mol. The van der Waals surface area contributed by atoms with E-state index in [0.717, 1.165) is 11.1 Å². The molecular formula is C23H24FNO2. The number of hydrogen-bond acceptors (Lipinski definition) is 3. The van der Waals surface area contributed by atoms with Crippen molar-refractivity contribution in [1.82, 2.24) is 5.32 Å². The van der Waals surface area contributed by atoms with Crippen LogP contribution in [0.1, 0.15) is 29.7 Å². The molecule has 0 unspecified atom stereocenters. The summed E-state index contributed by atoms with van der Waals surface area (Å²) < 4.78 is 24.6. The Hall–Kier alpha value is -2.85. The van der Waals surface area contributed by atoms with Gasteiger partial charge in [-0.05, 0) is 36.2 Å². The third-order valence-corrected chi connectivity index (χ3v) is 4.48. The van der Waals surface area contributed by atoms with Crippen LogP contribution in [0.25, 0.3) is 0 Å². The van der Waals surface area contributed by atoms with Gasteiger partial charge >= 0.3 is 0 Å². The molecule has 0 saturated heterocycles. The van der Waals surface area contributed by atoms with E-state index >= 15 is 0 Å². The van der Waals surface area contributed by atoms with E-state index in [2.05, 4.69) is 24.4 Å². The van der Waals surface area contributed by atoms with Crippen molar-refractivity contribution in [2.75, 3.05) is 7.11 Å². The van der Waals surface area contributed by atoms with Crippen molar-refractivity contribution in [1.29, 1.82) is 0 Å². The van der Waals surface area contributed by atoms with Crippen LogP contribution in [0.15, 0.2) is 72.8 Å². The molecule has 0 fully saturated rings. The van der Waals surface area contributed by atoms with Gasteiger partial charge in [0.25, 0.3) is 0 Å². The van der Waals surface area contributed by atoms with Crippen molar-refractivity contribution < 1.29 is 13.9 Å². The summed E-state index contributed by atoms with van der Waals surface area (Å²) in [5.41, 5.74) is 3.15. The Morgan fingerprint density at radius 1 is 0.926 bits per heavy atom. The molecule has 1 N–H and O–H groups in total. The molecule has 0 amide bonds. The van der Waals surface area contributed by atoms with E-state index in [1.165, 1.54) is 17.7 Å². The molecule has 0 bridgehead atoms. The molecule has 3 aromatic carbocycles. The van der Waals surface area contributed by atoms with E-state index in [1.807, 2.05) is 36.4 Å². The van der Waals surface area contributed by atoms with Crippen molar-refractivity contribution in [2.24, 2.45) is 0 Å². The van der Waals surface area contributed by atoms with Crippen molar-refractivity contribution in [3.8, 4) is 11.5 Å². The fourth-order valence-electron chi connectivity index (χ4n) is 2.88. The number of hydrogen-bond donors (Lipinski definition) is 1. The van der Waals surface area contributed by atoms with Crippen LogP contribution < -0.4 is 14.8 Å². The molecule has 3 rings (SSSR count). The first-order valence-corrected chi connectivity index (χ1v) is 8.99. The molecule has 3 aromatic rings. The molecule has 0 aliphatic rings. The Morgan fingerprint density at radius 2 is 1.67 bits per heavy atom. The van der Waals surface area contributed by atoms with Gasteiger partial charge in [0.2, 0.25) is 0 Å². The summed E-state index contributed by atoms with van der Waals surface area (Å²) in [4.78, 5) is 0. The van der Waals surface area contributed by atoms with E-state index in [-0.39, 0.29) is 11.9 Å².